The van der Waals surface area contributed by atoms with Gasteiger partial charge in [-0.3, -0.25) is 0 Å². The van der Waals surface area contributed by atoms with Gasteiger partial charge in [0, 0.05) is 12.2 Å². The standard InChI is InChI=1S/C7H7NO2/c1-2-6-10-7(9)4-3-5-8/h2-4H,1,6H2/b4-3+. The van der Waals surface area contributed by atoms with Crippen molar-refractivity contribution in [1.29, 1.82) is 5.26 Å². The molecule has 0 aliphatic heterocycles. The van der Waals surface area contributed by atoms with Gasteiger partial charge in [0.25, 0.3) is 0 Å². The number of ether oxygens (including phenoxy) is 1. The second-order valence-corrected chi connectivity index (χ2v) is 1.38. The van der Waals surface area contributed by atoms with E-state index >= 15 is 0 Å². The summed E-state index contributed by atoms with van der Waals surface area (Å²) in [5.41, 5.74) is 0. The summed E-state index contributed by atoms with van der Waals surface area (Å²) in [6.45, 7) is 3.52. The number of rotatable bonds is 3. The van der Waals surface area contributed by atoms with E-state index < -0.39 is 5.97 Å². The molecule has 0 aromatic rings. The van der Waals surface area contributed by atoms with Crippen LogP contribution in [0.2, 0.25) is 0 Å². The molecule has 0 amide bonds. The van der Waals surface area contributed by atoms with Gasteiger partial charge in [0.2, 0.25) is 0 Å². The lowest BCUT2D eigenvalue weighted by Crippen LogP contribution is -1.99. The van der Waals surface area contributed by atoms with E-state index in [2.05, 4.69) is 11.3 Å². The SMILES string of the molecule is C=CCOC(=O)/C=C/C#N. The molecule has 52 valence electrons. The third-order valence-electron chi connectivity index (χ3n) is 0.637. The van der Waals surface area contributed by atoms with Crippen LogP contribution in [0.5, 0.6) is 0 Å². The predicted molar refractivity (Wildman–Crippen MR) is 35.9 cm³/mol. The van der Waals surface area contributed by atoms with Gasteiger partial charge >= 0.3 is 5.97 Å². The van der Waals surface area contributed by atoms with Gasteiger partial charge in [-0.25, -0.2) is 4.79 Å². The first kappa shape index (κ1) is 8.44. The molecular formula is C7H7NO2. The van der Waals surface area contributed by atoms with Crippen LogP contribution in [0.15, 0.2) is 24.8 Å². The van der Waals surface area contributed by atoms with Crippen molar-refractivity contribution in [2.24, 2.45) is 0 Å². The van der Waals surface area contributed by atoms with E-state index in [9.17, 15) is 4.79 Å². The number of hydrogen-bond donors (Lipinski definition) is 0. The zero-order valence-corrected chi connectivity index (χ0v) is 5.41. The van der Waals surface area contributed by atoms with Crippen molar-refractivity contribution in [1.82, 2.24) is 0 Å². The number of nitriles is 1. The highest BCUT2D eigenvalue weighted by Gasteiger charge is 1.90. The molecule has 0 saturated heterocycles. The molecule has 0 heterocycles. The molecule has 0 unspecified atom stereocenters. The second-order valence-electron chi connectivity index (χ2n) is 1.38. The Balaban J connectivity index is 3.55. The Bertz CT molecular complexity index is 188. The third kappa shape index (κ3) is 4.60. The van der Waals surface area contributed by atoms with Crippen LogP contribution in [-0.2, 0) is 9.53 Å². The van der Waals surface area contributed by atoms with E-state index in [1.807, 2.05) is 0 Å². The first-order valence-electron chi connectivity index (χ1n) is 2.65. The molecule has 0 N–H and O–H groups in total. The summed E-state index contributed by atoms with van der Waals surface area (Å²) >= 11 is 0. The molecule has 3 heteroatoms. The van der Waals surface area contributed by atoms with Crippen molar-refractivity contribution < 1.29 is 9.53 Å². The summed E-state index contributed by atoms with van der Waals surface area (Å²) in [6, 6.07) is 1.67. The zero-order chi connectivity index (χ0) is 7.82. The highest BCUT2D eigenvalue weighted by Crippen LogP contribution is 1.80. The van der Waals surface area contributed by atoms with E-state index in [1.165, 1.54) is 6.08 Å². The topological polar surface area (TPSA) is 50.1 Å². The van der Waals surface area contributed by atoms with E-state index in [4.69, 9.17) is 5.26 Å². The Morgan fingerprint density at radius 2 is 2.50 bits per heavy atom. The monoisotopic (exact) mass is 137 g/mol. The molecule has 0 radical (unpaired) electrons. The molecule has 0 aromatic carbocycles. The molecule has 10 heavy (non-hydrogen) atoms. The van der Waals surface area contributed by atoms with Gasteiger partial charge in [-0.05, 0) is 0 Å². The molecule has 0 aliphatic carbocycles. The molecule has 0 spiro atoms. The number of esters is 1. The van der Waals surface area contributed by atoms with Crippen LogP contribution in [0.4, 0.5) is 0 Å². The van der Waals surface area contributed by atoms with Gasteiger partial charge in [0.1, 0.15) is 6.61 Å². The Morgan fingerprint density at radius 3 is 3.00 bits per heavy atom. The van der Waals surface area contributed by atoms with Crippen molar-refractivity contribution in [2.45, 2.75) is 0 Å². The predicted octanol–water partition coefficient (Wildman–Crippen LogP) is 0.795. The zero-order valence-electron chi connectivity index (χ0n) is 5.41. The van der Waals surface area contributed by atoms with E-state index in [-0.39, 0.29) is 6.61 Å². The highest BCUT2D eigenvalue weighted by molar-refractivity contribution is 5.82. The van der Waals surface area contributed by atoms with Gasteiger partial charge < -0.3 is 4.74 Å². The fourth-order valence-corrected chi connectivity index (χ4v) is 0.294. The summed E-state index contributed by atoms with van der Waals surface area (Å²) in [7, 11) is 0. The minimum Gasteiger partial charge on any atom is -0.458 e. The Kier molecular flexibility index (Phi) is 4.70. The van der Waals surface area contributed by atoms with Crippen LogP contribution in [0.25, 0.3) is 0 Å². The fourth-order valence-electron chi connectivity index (χ4n) is 0.294. The molecule has 0 atom stereocenters. The summed E-state index contributed by atoms with van der Waals surface area (Å²) < 4.78 is 4.50. The number of hydrogen-bond acceptors (Lipinski definition) is 3. The maximum absolute atomic E-state index is 10.5. The minimum atomic E-state index is -0.526. The second kappa shape index (κ2) is 5.57. The summed E-state index contributed by atoms with van der Waals surface area (Å²) in [5.74, 6) is -0.526. The maximum atomic E-state index is 10.5. The van der Waals surface area contributed by atoms with E-state index in [0.717, 1.165) is 12.2 Å². The van der Waals surface area contributed by atoms with Crippen molar-refractivity contribution in [3.05, 3.63) is 24.8 Å². The Hall–Kier alpha value is -1.56. The average Bonchev–Trinajstić information content (AvgIpc) is 1.97. The maximum Gasteiger partial charge on any atom is 0.331 e. The van der Waals surface area contributed by atoms with Crippen molar-refractivity contribution in [2.75, 3.05) is 6.61 Å². The van der Waals surface area contributed by atoms with Gasteiger partial charge in [-0.2, -0.15) is 5.26 Å². The first-order chi connectivity index (χ1) is 4.81. The normalized spacial score (nSPS) is 8.70. The number of carbonyl (C=O) groups excluding carboxylic acids is 1. The number of allylic oxidation sites excluding steroid dienone is 1. The van der Waals surface area contributed by atoms with Crippen molar-refractivity contribution in [3.63, 3.8) is 0 Å². The lowest BCUT2D eigenvalue weighted by Gasteiger charge is -1.92. The summed E-state index contributed by atoms with van der Waals surface area (Å²) in [4.78, 5) is 10.5. The quantitative estimate of drug-likeness (QED) is 0.250. The van der Waals surface area contributed by atoms with Crippen LogP contribution < -0.4 is 0 Å². The molecule has 0 aromatic heterocycles. The molecule has 3 nitrogen and oxygen atoms in total. The lowest BCUT2D eigenvalue weighted by molar-refractivity contribution is -0.136. The third-order valence-corrected chi connectivity index (χ3v) is 0.637. The van der Waals surface area contributed by atoms with Crippen LogP contribution >= 0.6 is 0 Å². The summed E-state index contributed by atoms with van der Waals surface area (Å²) in [6.07, 6.45) is 3.58. The van der Waals surface area contributed by atoms with Gasteiger partial charge in [0.05, 0.1) is 6.07 Å². The first-order valence-corrected chi connectivity index (χ1v) is 2.65. The summed E-state index contributed by atoms with van der Waals surface area (Å²) in [5, 5.41) is 7.98. The van der Waals surface area contributed by atoms with E-state index in [1.54, 1.807) is 6.07 Å². The smallest absolute Gasteiger partial charge is 0.331 e. The van der Waals surface area contributed by atoms with Crippen LogP contribution in [0, 0.1) is 11.3 Å². The molecule has 0 fully saturated rings. The van der Waals surface area contributed by atoms with Crippen molar-refractivity contribution >= 4 is 5.97 Å². The molecule has 0 aliphatic rings. The van der Waals surface area contributed by atoms with E-state index in [0.29, 0.717) is 0 Å². The Morgan fingerprint density at radius 1 is 1.80 bits per heavy atom. The Labute approximate surface area is 59.2 Å². The highest BCUT2D eigenvalue weighted by atomic mass is 16.5. The largest absolute Gasteiger partial charge is 0.458 e. The molecule has 0 saturated carbocycles. The molecule has 0 rings (SSSR count). The number of nitrogens with zero attached hydrogens (tertiary/aromatic N) is 1. The fraction of sp³-hybridized carbons (Fsp3) is 0.143. The van der Waals surface area contributed by atoms with Crippen LogP contribution in [-0.4, -0.2) is 12.6 Å². The van der Waals surface area contributed by atoms with Gasteiger partial charge in [-0.15, -0.1) is 0 Å². The van der Waals surface area contributed by atoms with Crippen molar-refractivity contribution in [3.8, 4) is 6.07 Å². The van der Waals surface area contributed by atoms with Gasteiger partial charge in [0.15, 0.2) is 0 Å². The molecule has 0 bridgehead atoms. The molecular weight excluding hydrogens is 130 g/mol. The van der Waals surface area contributed by atoms with Gasteiger partial charge in [-0.1, -0.05) is 12.7 Å². The average molecular weight is 137 g/mol. The minimum absolute atomic E-state index is 0.175. The lowest BCUT2D eigenvalue weighted by atomic mass is 10.5. The van der Waals surface area contributed by atoms with Crippen LogP contribution in [0.1, 0.15) is 0 Å². The van der Waals surface area contributed by atoms with Crippen LogP contribution in [0.3, 0.4) is 0 Å². The number of carbonyl (C=O) groups is 1.